The van der Waals surface area contributed by atoms with Crippen LogP contribution in [0.2, 0.25) is 0 Å². The van der Waals surface area contributed by atoms with E-state index in [0.29, 0.717) is 18.8 Å². The van der Waals surface area contributed by atoms with Crippen molar-refractivity contribution in [3.8, 4) is 0 Å². The predicted octanol–water partition coefficient (Wildman–Crippen LogP) is 2.60. The lowest BCUT2D eigenvalue weighted by Gasteiger charge is -2.32. The lowest BCUT2D eigenvalue weighted by molar-refractivity contribution is -0.145. The molecule has 0 spiro atoms. The average molecular weight is 282 g/mol. The molecule has 2 unspecified atom stereocenters. The van der Waals surface area contributed by atoms with Crippen LogP contribution in [0.3, 0.4) is 0 Å². The summed E-state index contributed by atoms with van der Waals surface area (Å²) in [6.07, 6.45) is 5.95. The van der Waals surface area contributed by atoms with Crippen molar-refractivity contribution in [3.05, 3.63) is 0 Å². The van der Waals surface area contributed by atoms with Crippen LogP contribution in [-0.4, -0.2) is 40.1 Å². The Morgan fingerprint density at radius 2 is 1.75 bits per heavy atom. The van der Waals surface area contributed by atoms with Crippen molar-refractivity contribution < 1.29 is 14.7 Å². The van der Waals surface area contributed by atoms with Crippen molar-refractivity contribution >= 4 is 12.0 Å². The average Bonchev–Trinajstić information content (AvgIpc) is 2.60. The number of urea groups is 1. The van der Waals surface area contributed by atoms with Crippen molar-refractivity contribution in [1.82, 2.24) is 10.2 Å². The number of rotatable bonds is 2. The number of carboxylic acids is 1. The van der Waals surface area contributed by atoms with Gasteiger partial charge in [-0.2, -0.15) is 0 Å². The van der Waals surface area contributed by atoms with Gasteiger partial charge in [0.2, 0.25) is 0 Å². The Kier molecular flexibility index (Phi) is 4.55. The molecule has 20 heavy (non-hydrogen) atoms. The lowest BCUT2D eigenvalue weighted by Crippen LogP contribution is -2.58. The minimum absolute atomic E-state index is 0.196. The van der Waals surface area contributed by atoms with E-state index in [2.05, 4.69) is 12.2 Å². The minimum Gasteiger partial charge on any atom is -0.480 e. The van der Waals surface area contributed by atoms with Crippen molar-refractivity contribution in [2.75, 3.05) is 6.54 Å². The van der Waals surface area contributed by atoms with Gasteiger partial charge in [-0.1, -0.05) is 32.6 Å². The molecule has 2 amide bonds. The first kappa shape index (κ1) is 15.1. The Balaban J connectivity index is 2.08. The van der Waals surface area contributed by atoms with Crippen LogP contribution in [0.1, 0.15) is 58.8 Å². The molecule has 1 aliphatic heterocycles. The first-order chi connectivity index (χ1) is 9.44. The number of aliphatic carboxylic acids is 1. The summed E-state index contributed by atoms with van der Waals surface area (Å²) in [7, 11) is 0. The zero-order chi connectivity index (χ0) is 14.8. The molecular formula is C15H26N2O3. The molecule has 0 bridgehead atoms. The van der Waals surface area contributed by atoms with E-state index in [4.69, 9.17) is 0 Å². The smallest absolute Gasteiger partial charge is 0.329 e. The Bertz CT molecular complexity index is 375. The van der Waals surface area contributed by atoms with Gasteiger partial charge in [0.1, 0.15) is 5.54 Å². The van der Waals surface area contributed by atoms with Crippen LogP contribution in [-0.2, 0) is 4.79 Å². The van der Waals surface area contributed by atoms with Gasteiger partial charge in [0, 0.05) is 12.6 Å². The number of hydrogen-bond donors (Lipinski definition) is 2. The number of nitrogens with one attached hydrogen (secondary N) is 1. The molecule has 1 saturated carbocycles. The molecule has 5 heteroatoms. The summed E-state index contributed by atoms with van der Waals surface area (Å²) in [5, 5.41) is 12.4. The van der Waals surface area contributed by atoms with Crippen molar-refractivity contribution in [1.29, 1.82) is 0 Å². The van der Waals surface area contributed by atoms with Crippen molar-refractivity contribution in [2.45, 2.75) is 70.4 Å². The van der Waals surface area contributed by atoms with Crippen LogP contribution in [0, 0.1) is 5.92 Å². The predicted molar refractivity (Wildman–Crippen MR) is 76.5 cm³/mol. The van der Waals surface area contributed by atoms with Gasteiger partial charge in [-0.15, -0.1) is 0 Å². The van der Waals surface area contributed by atoms with Crippen LogP contribution < -0.4 is 5.32 Å². The molecule has 2 aliphatic rings. The fourth-order valence-corrected chi connectivity index (χ4v) is 3.58. The zero-order valence-corrected chi connectivity index (χ0v) is 12.5. The topological polar surface area (TPSA) is 69.6 Å². The maximum absolute atomic E-state index is 12.4. The summed E-state index contributed by atoms with van der Waals surface area (Å²) in [5.74, 6) is -0.390. The maximum Gasteiger partial charge on any atom is 0.329 e. The number of carboxylic acid groups (broad SMARTS) is 1. The van der Waals surface area contributed by atoms with E-state index in [1.54, 1.807) is 4.90 Å². The largest absolute Gasteiger partial charge is 0.480 e. The highest BCUT2D eigenvalue weighted by molar-refractivity contribution is 5.86. The Labute approximate surface area is 120 Å². The number of carbonyl (C=O) groups is 2. The van der Waals surface area contributed by atoms with Crippen molar-refractivity contribution in [3.63, 3.8) is 0 Å². The number of nitrogens with zero attached hydrogens (tertiary/aromatic N) is 1. The second-order valence-electron chi connectivity index (χ2n) is 6.57. The molecule has 0 aromatic heterocycles. The van der Waals surface area contributed by atoms with Gasteiger partial charge < -0.3 is 15.3 Å². The molecule has 114 valence electrons. The summed E-state index contributed by atoms with van der Waals surface area (Å²) < 4.78 is 0. The molecule has 2 rings (SSSR count). The Morgan fingerprint density at radius 3 is 2.20 bits per heavy atom. The van der Waals surface area contributed by atoms with Crippen LogP contribution in [0.15, 0.2) is 0 Å². The highest BCUT2D eigenvalue weighted by atomic mass is 16.4. The quantitative estimate of drug-likeness (QED) is 0.765. The van der Waals surface area contributed by atoms with Gasteiger partial charge in [-0.25, -0.2) is 9.59 Å². The van der Waals surface area contributed by atoms with Gasteiger partial charge in [-0.3, -0.25) is 0 Å². The molecule has 0 aromatic rings. The zero-order valence-electron chi connectivity index (χ0n) is 12.5. The van der Waals surface area contributed by atoms with E-state index >= 15 is 0 Å². The molecule has 1 saturated heterocycles. The molecule has 0 radical (unpaired) electrons. The van der Waals surface area contributed by atoms with E-state index in [9.17, 15) is 14.7 Å². The standard InChI is InChI=1S/C15H26N2O3/c1-11-9-12(2)17(10-11)14(20)16-15(13(18)19)7-5-3-4-6-8-15/h11-12H,3-10H2,1-2H3,(H,16,20)(H,18,19). The second kappa shape index (κ2) is 6.02. The SMILES string of the molecule is CC1CC(C)N(C(=O)NC2(C(=O)O)CCCCCC2)C1. The summed E-state index contributed by atoms with van der Waals surface area (Å²) >= 11 is 0. The molecular weight excluding hydrogens is 256 g/mol. The molecule has 5 nitrogen and oxygen atoms in total. The van der Waals surface area contributed by atoms with Crippen molar-refractivity contribution in [2.24, 2.45) is 5.92 Å². The first-order valence-corrected chi connectivity index (χ1v) is 7.77. The summed E-state index contributed by atoms with van der Waals surface area (Å²) in [6, 6.07) is -0.00669. The second-order valence-corrected chi connectivity index (χ2v) is 6.57. The number of hydrogen-bond acceptors (Lipinski definition) is 2. The van der Waals surface area contributed by atoms with E-state index < -0.39 is 11.5 Å². The normalized spacial score (nSPS) is 29.8. The highest BCUT2D eigenvalue weighted by Gasteiger charge is 2.42. The van der Waals surface area contributed by atoms with Crippen LogP contribution in [0.25, 0.3) is 0 Å². The van der Waals surface area contributed by atoms with Crippen LogP contribution in [0.4, 0.5) is 4.79 Å². The van der Waals surface area contributed by atoms with Gasteiger partial charge in [0.15, 0.2) is 0 Å². The lowest BCUT2D eigenvalue weighted by atomic mass is 9.90. The van der Waals surface area contributed by atoms with Gasteiger partial charge in [-0.05, 0) is 32.1 Å². The Morgan fingerprint density at radius 1 is 1.15 bits per heavy atom. The van der Waals surface area contributed by atoms with E-state index in [0.717, 1.165) is 38.6 Å². The monoisotopic (exact) mass is 282 g/mol. The van der Waals surface area contributed by atoms with E-state index in [1.165, 1.54) is 0 Å². The number of amides is 2. The molecule has 2 atom stereocenters. The molecule has 2 fully saturated rings. The van der Waals surface area contributed by atoms with Crippen LogP contribution >= 0.6 is 0 Å². The third-order valence-electron chi connectivity index (χ3n) is 4.76. The summed E-state index contributed by atoms with van der Waals surface area (Å²) in [5.41, 5.74) is -1.06. The molecule has 1 aliphatic carbocycles. The van der Waals surface area contributed by atoms with Gasteiger partial charge in [0.05, 0.1) is 0 Å². The molecule has 0 aromatic carbocycles. The third-order valence-corrected chi connectivity index (χ3v) is 4.76. The fraction of sp³-hybridized carbons (Fsp3) is 0.867. The van der Waals surface area contributed by atoms with Gasteiger partial charge in [0.25, 0.3) is 0 Å². The number of carbonyl (C=O) groups excluding carboxylic acids is 1. The van der Waals surface area contributed by atoms with E-state index in [-0.39, 0.29) is 12.1 Å². The third kappa shape index (κ3) is 3.07. The van der Waals surface area contributed by atoms with Crippen LogP contribution in [0.5, 0.6) is 0 Å². The number of likely N-dealkylation sites (tertiary alicyclic amines) is 1. The maximum atomic E-state index is 12.4. The summed E-state index contributed by atoms with van der Waals surface area (Å²) in [4.78, 5) is 25.9. The Hall–Kier alpha value is -1.26. The highest BCUT2D eigenvalue weighted by Crippen LogP contribution is 2.29. The minimum atomic E-state index is -1.06. The van der Waals surface area contributed by atoms with Gasteiger partial charge >= 0.3 is 12.0 Å². The molecule has 1 heterocycles. The fourth-order valence-electron chi connectivity index (χ4n) is 3.58. The molecule has 2 N–H and O–H groups in total. The van der Waals surface area contributed by atoms with E-state index in [1.807, 2.05) is 6.92 Å². The first-order valence-electron chi connectivity index (χ1n) is 7.77. The summed E-state index contributed by atoms with van der Waals surface area (Å²) in [6.45, 7) is 4.88.